The predicted octanol–water partition coefficient (Wildman–Crippen LogP) is 2.73. The number of carbonyl (C=O) groups excluding carboxylic acids is 1. The van der Waals surface area contributed by atoms with Crippen molar-refractivity contribution in [2.45, 2.75) is 51.3 Å². The van der Waals surface area contributed by atoms with Crippen LogP contribution in [0.4, 0.5) is 5.69 Å². The minimum Gasteiger partial charge on any atom is -0.377 e. The normalized spacial score (nSPS) is 30.2. The van der Waals surface area contributed by atoms with Crippen LogP contribution in [0.2, 0.25) is 0 Å². The van der Waals surface area contributed by atoms with E-state index in [0.29, 0.717) is 12.2 Å². The van der Waals surface area contributed by atoms with Gasteiger partial charge in [-0.1, -0.05) is 26.0 Å². The zero-order valence-corrected chi connectivity index (χ0v) is 16.0. The molecule has 2 aliphatic rings. The van der Waals surface area contributed by atoms with Crippen molar-refractivity contribution in [2.75, 3.05) is 6.61 Å². The first-order chi connectivity index (χ1) is 11.7. The minimum atomic E-state index is -0.993. The highest BCUT2D eigenvalue weighted by molar-refractivity contribution is 5.89. The molecule has 0 aromatic heterocycles. The zero-order valence-electron chi connectivity index (χ0n) is 15.2. The number of nitrogens with two attached hydrogens (primary N) is 1. The van der Waals surface area contributed by atoms with Crippen molar-refractivity contribution in [2.24, 2.45) is 17.1 Å². The molecule has 0 radical (unpaired) electrons. The number of ether oxygens (including phenoxy) is 1. The summed E-state index contributed by atoms with van der Waals surface area (Å²) in [7, 11) is 0. The van der Waals surface area contributed by atoms with Gasteiger partial charge in [0.1, 0.15) is 5.54 Å². The number of nitro benzene ring substituents is 1. The highest BCUT2D eigenvalue weighted by Gasteiger charge is 2.70. The summed E-state index contributed by atoms with van der Waals surface area (Å²) >= 11 is 0. The molecule has 4 unspecified atom stereocenters. The first-order valence-corrected chi connectivity index (χ1v) is 8.65. The average molecular weight is 384 g/mol. The third-order valence-electron chi connectivity index (χ3n) is 5.99. The summed E-state index contributed by atoms with van der Waals surface area (Å²) in [6.45, 7) is 6.46. The molecule has 8 heteroatoms. The first-order valence-electron chi connectivity index (χ1n) is 8.65. The van der Waals surface area contributed by atoms with E-state index in [1.54, 1.807) is 19.1 Å². The maximum Gasteiger partial charge on any atom is 0.269 e. The van der Waals surface area contributed by atoms with Crippen molar-refractivity contribution in [1.29, 1.82) is 0 Å². The van der Waals surface area contributed by atoms with Crippen LogP contribution in [0.15, 0.2) is 24.3 Å². The van der Waals surface area contributed by atoms with Crippen LogP contribution in [-0.4, -0.2) is 29.1 Å². The number of fused-ring (bicyclic) bond motifs is 1. The van der Waals surface area contributed by atoms with Crippen LogP contribution in [-0.2, 0) is 9.53 Å². The number of nitrogens with zero attached hydrogens (tertiary/aromatic N) is 1. The van der Waals surface area contributed by atoms with Crippen molar-refractivity contribution in [3.05, 3.63) is 39.9 Å². The van der Waals surface area contributed by atoms with Crippen molar-refractivity contribution in [3.8, 4) is 0 Å². The number of hydrogen-bond acceptors (Lipinski definition) is 5. The molecule has 1 saturated carbocycles. The molecule has 4 atom stereocenters. The Morgan fingerprint density at radius 3 is 2.81 bits per heavy atom. The molecule has 1 aliphatic carbocycles. The summed E-state index contributed by atoms with van der Waals surface area (Å²) in [5.74, 6) is -0.211. The molecule has 3 N–H and O–H groups in total. The Morgan fingerprint density at radius 2 is 2.15 bits per heavy atom. The molecule has 1 aliphatic heterocycles. The van der Waals surface area contributed by atoms with Gasteiger partial charge in [0.2, 0.25) is 5.91 Å². The van der Waals surface area contributed by atoms with Gasteiger partial charge in [-0.05, 0) is 25.3 Å². The van der Waals surface area contributed by atoms with Gasteiger partial charge < -0.3 is 15.8 Å². The van der Waals surface area contributed by atoms with E-state index in [1.807, 2.05) is 13.8 Å². The quantitative estimate of drug-likeness (QED) is 0.614. The second kappa shape index (κ2) is 7.13. The van der Waals surface area contributed by atoms with E-state index in [1.165, 1.54) is 12.1 Å². The number of hydrogen-bond donors (Lipinski definition) is 2. The Kier molecular flexibility index (Phi) is 5.66. The van der Waals surface area contributed by atoms with Crippen molar-refractivity contribution in [1.82, 2.24) is 5.32 Å². The maximum atomic E-state index is 13.0. The first kappa shape index (κ1) is 20.6. The summed E-state index contributed by atoms with van der Waals surface area (Å²) < 4.78 is 5.83. The van der Waals surface area contributed by atoms with E-state index in [4.69, 9.17) is 10.5 Å². The molecule has 1 aromatic carbocycles. The Labute approximate surface area is 159 Å². The van der Waals surface area contributed by atoms with Gasteiger partial charge in [-0.15, -0.1) is 12.4 Å². The molecule has 3 rings (SSSR count). The lowest BCUT2D eigenvalue weighted by molar-refractivity contribution is -0.384. The molecule has 144 valence electrons. The van der Waals surface area contributed by atoms with E-state index < -0.39 is 15.9 Å². The van der Waals surface area contributed by atoms with Crippen LogP contribution in [0, 0.1) is 21.4 Å². The Hall–Kier alpha value is -1.70. The molecule has 0 spiro atoms. The fraction of sp³-hybridized carbons (Fsp3) is 0.611. The second-order valence-electron chi connectivity index (χ2n) is 7.68. The van der Waals surface area contributed by atoms with Crippen molar-refractivity contribution < 1.29 is 14.5 Å². The lowest BCUT2D eigenvalue weighted by Crippen LogP contribution is -2.82. The molecule has 7 nitrogen and oxygen atoms in total. The largest absolute Gasteiger partial charge is 0.377 e. The number of amides is 1. The number of nitrogens with one attached hydrogen (secondary N) is 1. The fourth-order valence-corrected chi connectivity index (χ4v) is 4.34. The highest BCUT2D eigenvalue weighted by Crippen LogP contribution is 2.57. The van der Waals surface area contributed by atoms with Gasteiger partial charge in [-0.2, -0.15) is 0 Å². The van der Waals surface area contributed by atoms with Gasteiger partial charge >= 0.3 is 0 Å². The molecule has 2 fully saturated rings. The van der Waals surface area contributed by atoms with Crippen molar-refractivity contribution in [3.63, 3.8) is 0 Å². The van der Waals surface area contributed by atoms with E-state index in [-0.39, 0.29) is 42.1 Å². The van der Waals surface area contributed by atoms with Gasteiger partial charge in [0.15, 0.2) is 0 Å². The van der Waals surface area contributed by atoms with Gasteiger partial charge in [0.05, 0.1) is 17.1 Å². The molecule has 1 heterocycles. The van der Waals surface area contributed by atoms with Gasteiger partial charge in [0, 0.05) is 30.1 Å². The molecule has 0 bridgehead atoms. The Bertz CT molecular complexity index is 711. The van der Waals surface area contributed by atoms with Crippen LogP contribution in [0.5, 0.6) is 0 Å². The monoisotopic (exact) mass is 383 g/mol. The summed E-state index contributed by atoms with van der Waals surface area (Å²) in [6.07, 6.45) is 1.79. The zero-order chi connectivity index (χ0) is 18.4. The van der Waals surface area contributed by atoms with Crippen LogP contribution in [0.3, 0.4) is 0 Å². The molecule has 1 aromatic rings. The maximum absolute atomic E-state index is 13.0. The molecule has 1 saturated heterocycles. The summed E-state index contributed by atoms with van der Waals surface area (Å²) in [4.78, 5) is 23.5. The number of halogens is 1. The van der Waals surface area contributed by atoms with Gasteiger partial charge in [-0.3, -0.25) is 14.9 Å². The molecule has 26 heavy (non-hydrogen) atoms. The van der Waals surface area contributed by atoms with Crippen LogP contribution < -0.4 is 11.1 Å². The number of rotatable bonds is 4. The van der Waals surface area contributed by atoms with E-state index >= 15 is 0 Å². The Balaban J connectivity index is 0.00000243. The topological polar surface area (TPSA) is 107 Å². The van der Waals surface area contributed by atoms with Gasteiger partial charge in [0.25, 0.3) is 5.69 Å². The average Bonchev–Trinajstić information content (AvgIpc) is 2.60. The van der Waals surface area contributed by atoms with Gasteiger partial charge in [-0.25, -0.2) is 0 Å². The fourth-order valence-electron chi connectivity index (χ4n) is 4.34. The van der Waals surface area contributed by atoms with E-state index in [9.17, 15) is 14.9 Å². The molecule has 1 amide bonds. The number of carbonyl (C=O) groups is 1. The molecular weight excluding hydrogens is 358 g/mol. The predicted molar refractivity (Wildman–Crippen MR) is 100 cm³/mol. The number of nitro groups is 1. The number of benzene rings is 1. The molecular formula is C18H26ClN3O4. The van der Waals surface area contributed by atoms with Crippen LogP contribution in [0.1, 0.15) is 45.2 Å². The standard InChI is InChI=1S/C18H25N3O4.ClH/c1-11(12-6-4-7-13(10-12)21(23)24)20-16(22)18(19)14-8-5-9-25-15(14)17(18,2)3;/h4,6-7,10-11,14-15H,5,8-9,19H2,1-3H3,(H,20,22);1H. The second-order valence-corrected chi connectivity index (χ2v) is 7.68. The van der Waals surface area contributed by atoms with Crippen LogP contribution >= 0.6 is 12.4 Å². The Morgan fingerprint density at radius 1 is 1.46 bits per heavy atom. The van der Waals surface area contributed by atoms with Crippen molar-refractivity contribution >= 4 is 24.0 Å². The third kappa shape index (κ3) is 2.98. The lowest BCUT2D eigenvalue weighted by atomic mass is 9.46. The highest BCUT2D eigenvalue weighted by atomic mass is 35.5. The summed E-state index contributed by atoms with van der Waals surface area (Å²) in [6, 6.07) is 5.92. The lowest BCUT2D eigenvalue weighted by Gasteiger charge is -2.65. The van der Waals surface area contributed by atoms with Crippen LogP contribution in [0.25, 0.3) is 0 Å². The summed E-state index contributed by atoms with van der Waals surface area (Å²) in [5, 5.41) is 13.9. The van der Waals surface area contributed by atoms with E-state index in [2.05, 4.69) is 5.32 Å². The van der Waals surface area contributed by atoms with E-state index in [0.717, 1.165) is 12.8 Å². The SMILES string of the molecule is CC(NC(=O)C1(N)C2CCCOC2C1(C)C)c1cccc([N+](=O)[O-])c1.Cl. The minimum absolute atomic E-state index is 0. The summed E-state index contributed by atoms with van der Waals surface area (Å²) in [5.41, 5.74) is 5.82. The smallest absolute Gasteiger partial charge is 0.269 e. The number of non-ortho nitro benzene ring substituents is 1. The third-order valence-corrected chi connectivity index (χ3v) is 5.99.